The molecule has 0 aliphatic rings. The van der Waals surface area contributed by atoms with Crippen molar-refractivity contribution in [2.45, 2.75) is 6.92 Å². The lowest BCUT2D eigenvalue weighted by Crippen LogP contribution is -2.28. The molecule has 0 aliphatic carbocycles. The van der Waals surface area contributed by atoms with Crippen molar-refractivity contribution >= 4 is 5.69 Å². The van der Waals surface area contributed by atoms with Crippen LogP contribution in [0, 0.1) is 0 Å². The zero-order valence-corrected chi connectivity index (χ0v) is 7.71. The maximum Gasteiger partial charge on any atom is 0.119 e. The third-order valence-corrected chi connectivity index (χ3v) is 1.56. The molecule has 0 unspecified atom stereocenters. The number of nitrogens with two attached hydrogens (primary N) is 1. The van der Waals surface area contributed by atoms with Gasteiger partial charge in [0.2, 0.25) is 0 Å². The van der Waals surface area contributed by atoms with Crippen LogP contribution in [-0.2, 0) is 0 Å². The quantitative estimate of drug-likeness (QED) is 0.359. The molecule has 0 bridgehead atoms. The third kappa shape index (κ3) is 3.31. The van der Waals surface area contributed by atoms with Gasteiger partial charge in [0, 0.05) is 5.69 Å². The van der Waals surface area contributed by atoms with Crippen LogP contribution in [0.1, 0.15) is 6.92 Å². The second-order valence-corrected chi connectivity index (χ2v) is 2.52. The van der Waals surface area contributed by atoms with E-state index in [2.05, 4.69) is 10.7 Å². The van der Waals surface area contributed by atoms with E-state index < -0.39 is 0 Å². The summed E-state index contributed by atoms with van der Waals surface area (Å²) < 4.78 is 5.30. The Balaban J connectivity index is 2.48. The van der Waals surface area contributed by atoms with Crippen molar-refractivity contribution in [1.82, 2.24) is 5.43 Å². The van der Waals surface area contributed by atoms with E-state index in [1.807, 2.05) is 31.2 Å². The summed E-state index contributed by atoms with van der Waals surface area (Å²) in [6, 6.07) is 7.73. The minimum atomic E-state index is 0.550. The first-order valence-corrected chi connectivity index (χ1v) is 4.27. The third-order valence-electron chi connectivity index (χ3n) is 1.56. The van der Waals surface area contributed by atoms with Crippen molar-refractivity contribution in [3.8, 4) is 5.75 Å². The molecule has 13 heavy (non-hydrogen) atoms. The molecule has 1 aromatic rings. The van der Waals surface area contributed by atoms with Crippen LogP contribution in [0.2, 0.25) is 0 Å². The first-order chi connectivity index (χ1) is 6.36. The largest absolute Gasteiger partial charge is 0.494 e. The van der Waals surface area contributed by atoms with E-state index in [1.165, 1.54) is 0 Å². The maximum atomic E-state index is 5.30. The Morgan fingerprint density at radius 1 is 1.31 bits per heavy atom. The van der Waals surface area contributed by atoms with Gasteiger partial charge in [-0.3, -0.25) is 5.84 Å². The van der Waals surface area contributed by atoms with Crippen LogP contribution in [0.25, 0.3) is 0 Å². The molecule has 0 radical (unpaired) electrons. The van der Waals surface area contributed by atoms with Gasteiger partial charge in [0.05, 0.1) is 13.3 Å². The number of anilines is 1. The Bertz CT molecular complexity index is 235. The highest BCUT2D eigenvalue weighted by Gasteiger charge is 1.92. The van der Waals surface area contributed by atoms with E-state index in [4.69, 9.17) is 10.6 Å². The SMILES string of the molecule is CCOc1ccc(NCNN)cc1. The minimum Gasteiger partial charge on any atom is -0.494 e. The van der Waals surface area contributed by atoms with Gasteiger partial charge in [-0.2, -0.15) is 0 Å². The summed E-state index contributed by atoms with van der Waals surface area (Å²) >= 11 is 0. The fourth-order valence-corrected chi connectivity index (χ4v) is 0.989. The molecule has 4 heteroatoms. The summed E-state index contributed by atoms with van der Waals surface area (Å²) in [6.45, 7) is 3.20. The number of hydrogen-bond acceptors (Lipinski definition) is 4. The van der Waals surface area contributed by atoms with Crippen molar-refractivity contribution < 1.29 is 4.74 Å². The molecule has 0 aliphatic heterocycles. The van der Waals surface area contributed by atoms with Gasteiger partial charge in [-0.25, -0.2) is 5.43 Å². The molecule has 72 valence electrons. The van der Waals surface area contributed by atoms with Crippen LogP contribution in [-0.4, -0.2) is 13.3 Å². The lowest BCUT2D eigenvalue weighted by atomic mass is 10.3. The molecule has 0 atom stereocenters. The van der Waals surface area contributed by atoms with Gasteiger partial charge >= 0.3 is 0 Å². The first kappa shape index (κ1) is 9.83. The molecule has 0 saturated carbocycles. The predicted molar refractivity (Wildman–Crippen MR) is 53.4 cm³/mol. The van der Waals surface area contributed by atoms with E-state index >= 15 is 0 Å². The van der Waals surface area contributed by atoms with Gasteiger partial charge < -0.3 is 10.1 Å². The second kappa shape index (κ2) is 5.40. The summed E-state index contributed by atoms with van der Waals surface area (Å²) in [5.41, 5.74) is 3.53. The van der Waals surface area contributed by atoms with Crippen molar-refractivity contribution in [3.05, 3.63) is 24.3 Å². The Morgan fingerprint density at radius 3 is 2.54 bits per heavy atom. The van der Waals surface area contributed by atoms with Crippen molar-refractivity contribution in [2.75, 3.05) is 18.6 Å². The van der Waals surface area contributed by atoms with Crippen molar-refractivity contribution in [3.63, 3.8) is 0 Å². The molecule has 0 heterocycles. The summed E-state index contributed by atoms with van der Waals surface area (Å²) in [5.74, 6) is 6.00. The van der Waals surface area contributed by atoms with Gasteiger partial charge in [-0.15, -0.1) is 0 Å². The van der Waals surface area contributed by atoms with Crippen LogP contribution in [0.5, 0.6) is 5.75 Å². The van der Waals surface area contributed by atoms with Crippen molar-refractivity contribution in [1.29, 1.82) is 0 Å². The van der Waals surface area contributed by atoms with E-state index in [-0.39, 0.29) is 0 Å². The highest BCUT2D eigenvalue weighted by molar-refractivity contribution is 5.46. The number of hydrazine groups is 1. The smallest absolute Gasteiger partial charge is 0.119 e. The Kier molecular flexibility index (Phi) is 4.08. The highest BCUT2D eigenvalue weighted by Crippen LogP contribution is 2.14. The van der Waals surface area contributed by atoms with Crippen LogP contribution < -0.4 is 21.3 Å². The van der Waals surface area contributed by atoms with E-state index in [9.17, 15) is 0 Å². The molecule has 4 N–H and O–H groups in total. The molecule has 0 amide bonds. The zero-order valence-electron chi connectivity index (χ0n) is 7.71. The number of nitrogens with one attached hydrogen (secondary N) is 2. The second-order valence-electron chi connectivity index (χ2n) is 2.52. The molecular formula is C9H15N3O. The molecule has 1 rings (SSSR count). The van der Waals surface area contributed by atoms with Crippen LogP contribution in [0.15, 0.2) is 24.3 Å². The average Bonchev–Trinajstić information content (AvgIpc) is 2.17. The summed E-state index contributed by atoms with van der Waals surface area (Å²) in [5, 5.41) is 3.07. The molecule has 1 aromatic carbocycles. The summed E-state index contributed by atoms with van der Waals surface area (Å²) in [6.07, 6.45) is 0. The van der Waals surface area contributed by atoms with Gasteiger partial charge in [-0.05, 0) is 31.2 Å². The number of ether oxygens (including phenoxy) is 1. The molecule has 0 spiro atoms. The summed E-state index contributed by atoms with van der Waals surface area (Å²) in [4.78, 5) is 0. The van der Waals surface area contributed by atoms with Crippen LogP contribution in [0.3, 0.4) is 0 Å². The lowest BCUT2D eigenvalue weighted by molar-refractivity contribution is 0.340. The van der Waals surface area contributed by atoms with Gasteiger partial charge in [0.15, 0.2) is 0 Å². The maximum absolute atomic E-state index is 5.30. The molecule has 0 aromatic heterocycles. The molecule has 0 saturated heterocycles. The normalized spacial score (nSPS) is 9.69. The van der Waals surface area contributed by atoms with Gasteiger partial charge in [0.25, 0.3) is 0 Å². The Hall–Kier alpha value is -1.26. The Morgan fingerprint density at radius 2 is 2.00 bits per heavy atom. The highest BCUT2D eigenvalue weighted by atomic mass is 16.5. The fraction of sp³-hybridized carbons (Fsp3) is 0.333. The van der Waals surface area contributed by atoms with E-state index in [1.54, 1.807) is 0 Å². The van der Waals surface area contributed by atoms with E-state index in [0.29, 0.717) is 13.3 Å². The number of hydrogen-bond donors (Lipinski definition) is 3. The molecule has 4 nitrogen and oxygen atoms in total. The zero-order chi connectivity index (χ0) is 9.52. The van der Waals surface area contributed by atoms with Gasteiger partial charge in [0.1, 0.15) is 5.75 Å². The van der Waals surface area contributed by atoms with Crippen LogP contribution in [0.4, 0.5) is 5.69 Å². The van der Waals surface area contributed by atoms with Crippen LogP contribution >= 0.6 is 0 Å². The lowest BCUT2D eigenvalue weighted by Gasteiger charge is -2.06. The number of benzene rings is 1. The molecule has 0 fully saturated rings. The standard InChI is InChI=1S/C9H15N3O/c1-2-13-9-5-3-8(4-6-9)11-7-12-10/h3-6,11-12H,2,7,10H2,1H3. The number of rotatable bonds is 5. The fourth-order valence-electron chi connectivity index (χ4n) is 0.989. The predicted octanol–water partition coefficient (Wildman–Crippen LogP) is 0.918. The molecular weight excluding hydrogens is 166 g/mol. The van der Waals surface area contributed by atoms with E-state index in [0.717, 1.165) is 11.4 Å². The monoisotopic (exact) mass is 181 g/mol. The van der Waals surface area contributed by atoms with Crippen molar-refractivity contribution in [2.24, 2.45) is 5.84 Å². The first-order valence-electron chi connectivity index (χ1n) is 4.27. The summed E-state index contributed by atoms with van der Waals surface area (Å²) in [7, 11) is 0. The van der Waals surface area contributed by atoms with Gasteiger partial charge in [-0.1, -0.05) is 0 Å². The Labute approximate surface area is 78.0 Å². The topological polar surface area (TPSA) is 59.3 Å². The average molecular weight is 181 g/mol. The minimum absolute atomic E-state index is 0.550.